The number of hydrogen-bond donors (Lipinski definition) is 1. The van der Waals surface area contributed by atoms with Gasteiger partial charge in [0.1, 0.15) is 5.75 Å². The van der Waals surface area contributed by atoms with Crippen LogP contribution in [0.1, 0.15) is 35.6 Å². The predicted molar refractivity (Wildman–Crippen MR) is 84.3 cm³/mol. The molecule has 0 radical (unpaired) electrons. The molecule has 0 aliphatic heterocycles. The fourth-order valence-electron chi connectivity index (χ4n) is 2.31. The van der Waals surface area contributed by atoms with E-state index in [9.17, 15) is 4.79 Å². The first-order chi connectivity index (χ1) is 11.2. The van der Waals surface area contributed by atoms with Crippen LogP contribution < -0.4 is 10.1 Å². The van der Waals surface area contributed by atoms with Crippen molar-refractivity contribution in [1.82, 2.24) is 24.9 Å². The van der Waals surface area contributed by atoms with Gasteiger partial charge in [-0.05, 0) is 30.2 Å². The maximum absolute atomic E-state index is 12.4. The van der Waals surface area contributed by atoms with Crippen molar-refractivity contribution in [2.24, 2.45) is 0 Å². The number of nitrogens with zero attached hydrogens (tertiary/aromatic N) is 4. The van der Waals surface area contributed by atoms with Crippen molar-refractivity contribution in [2.45, 2.75) is 19.4 Å². The number of rotatable bonds is 5. The number of methoxy groups -OCH3 is 1. The smallest absolute Gasteiger partial charge is 0.291 e. The molecule has 7 heteroatoms. The molecule has 0 aliphatic carbocycles. The largest absolute Gasteiger partial charge is 0.497 e. The van der Waals surface area contributed by atoms with E-state index in [-0.39, 0.29) is 17.8 Å². The second-order valence-electron chi connectivity index (χ2n) is 5.01. The average molecular weight is 311 g/mol. The zero-order chi connectivity index (χ0) is 16.2. The molecule has 1 aromatic carbocycles. The number of aromatic nitrogens is 4. The lowest BCUT2D eigenvalue weighted by Crippen LogP contribution is -2.29. The normalized spacial score (nSPS) is 12.1. The van der Waals surface area contributed by atoms with Gasteiger partial charge in [-0.2, -0.15) is 4.98 Å². The van der Waals surface area contributed by atoms with E-state index in [1.54, 1.807) is 25.6 Å². The molecule has 118 valence electrons. The van der Waals surface area contributed by atoms with Gasteiger partial charge in [0.05, 0.1) is 13.2 Å². The maximum atomic E-state index is 12.4. The Labute approximate surface area is 133 Å². The van der Waals surface area contributed by atoms with Crippen molar-refractivity contribution in [3.63, 3.8) is 0 Å². The summed E-state index contributed by atoms with van der Waals surface area (Å²) in [5.41, 5.74) is 1.00. The van der Waals surface area contributed by atoms with Crippen molar-refractivity contribution in [3.8, 4) is 5.75 Å². The second-order valence-corrected chi connectivity index (χ2v) is 5.01. The minimum absolute atomic E-state index is 0.107. The van der Waals surface area contributed by atoms with Crippen molar-refractivity contribution >= 4 is 11.7 Å². The Morgan fingerprint density at radius 2 is 2.13 bits per heavy atom. The number of carbonyl (C=O) groups excluding carboxylic acids is 1. The highest BCUT2D eigenvalue weighted by molar-refractivity contribution is 5.91. The fraction of sp³-hybridized carbons (Fsp3) is 0.250. The number of carbonyl (C=O) groups is 1. The molecule has 23 heavy (non-hydrogen) atoms. The first-order valence-corrected chi connectivity index (χ1v) is 7.33. The van der Waals surface area contributed by atoms with E-state index in [4.69, 9.17) is 4.74 Å². The molecule has 1 unspecified atom stereocenters. The Morgan fingerprint density at radius 1 is 1.35 bits per heavy atom. The average Bonchev–Trinajstić information content (AvgIpc) is 3.04. The standard InChI is InChI=1S/C16H17N5O2/c1-3-13(11-5-7-12(23-2)8-6-11)18-15(22)14-19-16-17-9-4-10-21(16)20-14/h4-10,13H,3H2,1-2H3,(H,18,22). The first-order valence-electron chi connectivity index (χ1n) is 7.33. The number of amides is 1. The molecule has 3 aromatic rings. The molecule has 3 rings (SSSR count). The number of hydrogen-bond acceptors (Lipinski definition) is 5. The number of nitrogens with one attached hydrogen (secondary N) is 1. The molecule has 1 N–H and O–H groups in total. The number of ether oxygens (including phenoxy) is 1. The number of fused-ring (bicyclic) bond motifs is 1. The Kier molecular flexibility index (Phi) is 4.18. The van der Waals surface area contributed by atoms with Crippen LogP contribution in [0.5, 0.6) is 5.75 Å². The quantitative estimate of drug-likeness (QED) is 0.779. The molecule has 2 heterocycles. The van der Waals surface area contributed by atoms with E-state index in [2.05, 4.69) is 20.4 Å². The van der Waals surface area contributed by atoms with Gasteiger partial charge in [-0.15, -0.1) is 5.10 Å². The Balaban J connectivity index is 1.78. The zero-order valence-corrected chi connectivity index (χ0v) is 12.9. The van der Waals surface area contributed by atoms with E-state index in [0.717, 1.165) is 17.7 Å². The van der Waals surface area contributed by atoms with Crippen molar-refractivity contribution in [1.29, 1.82) is 0 Å². The van der Waals surface area contributed by atoms with Crippen LogP contribution in [-0.2, 0) is 0 Å². The van der Waals surface area contributed by atoms with Crippen LogP contribution in [0, 0.1) is 0 Å². The van der Waals surface area contributed by atoms with Crippen LogP contribution in [0.2, 0.25) is 0 Å². The lowest BCUT2D eigenvalue weighted by Gasteiger charge is -2.16. The van der Waals surface area contributed by atoms with Crippen molar-refractivity contribution < 1.29 is 9.53 Å². The van der Waals surface area contributed by atoms with Gasteiger partial charge >= 0.3 is 0 Å². The van der Waals surface area contributed by atoms with E-state index in [1.165, 1.54) is 4.52 Å². The summed E-state index contributed by atoms with van der Waals surface area (Å²) in [6.45, 7) is 2.01. The lowest BCUT2D eigenvalue weighted by molar-refractivity contribution is 0.0925. The van der Waals surface area contributed by atoms with Crippen LogP contribution in [0.15, 0.2) is 42.7 Å². The lowest BCUT2D eigenvalue weighted by atomic mass is 10.0. The van der Waals surface area contributed by atoms with Gasteiger partial charge in [-0.3, -0.25) is 4.79 Å². The highest BCUT2D eigenvalue weighted by atomic mass is 16.5. The second kappa shape index (κ2) is 6.43. The van der Waals surface area contributed by atoms with Crippen molar-refractivity contribution in [3.05, 3.63) is 54.1 Å². The molecular formula is C16H17N5O2. The topological polar surface area (TPSA) is 81.4 Å². The molecule has 7 nitrogen and oxygen atoms in total. The summed E-state index contributed by atoms with van der Waals surface area (Å²) < 4.78 is 6.63. The van der Waals surface area contributed by atoms with E-state index < -0.39 is 0 Å². The molecule has 2 aromatic heterocycles. The van der Waals surface area contributed by atoms with Crippen LogP contribution in [0.3, 0.4) is 0 Å². The third-order valence-electron chi connectivity index (χ3n) is 3.55. The zero-order valence-electron chi connectivity index (χ0n) is 12.9. The molecule has 0 saturated heterocycles. The summed E-state index contributed by atoms with van der Waals surface area (Å²) >= 11 is 0. The summed E-state index contributed by atoms with van der Waals surface area (Å²) in [7, 11) is 1.62. The molecule has 0 fully saturated rings. The SMILES string of the molecule is CCC(NC(=O)c1nc2ncccn2n1)c1ccc(OC)cc1. The van der Waals surface area contributed by atoms with Crippen molar-refractivity contribution in [2.75, 3.05) is 7.11 Å². The van der Waals surface area contributed by atoms with Gasteiger partial charge in [0, 0.05) is 12.4 Å². The third-order valence-corrected chi connectivity index (χ3v) is 3.55. The number of benzene rings is 1. The monoisotopic (exact) mass is 311 g/mol. The van der Waals surface area contributed by atoms with Gasteiger partial charge in [-0.25, -0.2) is 9.50 Å². The highest BCUT2D eigenvalue weighted by Crippen LogP contribution is 2.20. The minimum atomic E-state index is -0.321. The summed E-state index contributed by atoms with van der Waals surface area (Å²) in [6, 6.07) is 9.23. The minimum Gasteiger partial charge on any atom is -0.497 e. The molecule has 1 atom stereocenters. The molecule has 0 aliphatic rings. The van der Waals surface area contributed by atoms with Gasteiger partial charge in [0.25, 0.3) is 11.7 Å². The third kappa shape index (κ3) is 3.13. The van der Waals surface area contributed by atoms with Gasteiger partial charge in [-0.1, -0.05) is 19.1 Å². The molecule has 0 saturated carbocycles. The van der Waals surface area contributed by atoms with Gasteiger partial charge < -0.3 is 10.1 Å². The van der Waals surface area contributed by atoms with E-state index >= 15 is 0 Å². The van der Waals surface area contributed by atoms with E-state index in [0.29, 0.717) is 5.78 Å². The first kappa shape index (κ1) is 15.0. The molecule has 0 spiro atoms. The summed E-state index contributed by atoms with van der Waals surface area (Å²) in [6.07, 6.45) is 4.06. The Hall–Kier alpha value is -2.96. The van der Waals surface area contributed by atoms with Gasteiger partial charge in [0.2, 0.25) is 5.82 Å². The maximum Gasteiger partial charge on any atom is 0.291 e. The summed E-state index contributed by atoms with van der Waals surface area (Å²) in [5.74, 6) is 0.965. The van der Waals surface area contributed by atoms with Crippen LogP contribution in [0.4, 0.5) is 0 Å². The summed E-state index contributed by atoms with van der Waals surface area (Å²) in [4.78, 5) is 20.6. The predicted octanol–water partition coefficient (Wildman–Crippen LogP) is 2.01. The van der Waals surface area contributed by atoms with Crippen LogP contribution in [-0.4, -0.2) is 32.6 Å². The Bertz CT molecular complexity index is 780. The highest BCUT2D eigenvalue weighted by Gasteiger charge is 2.18. The molecular weight excluding hydrogens is 294 g/mol. The molecule has 0 bridgehead atoms. The molecule has 1 amide bonds. The van der Waals surface area contributed by atoms with Crippen LogP contribution >= 0.6 is 0 Å². The fourth-order valence-corrected chi connectivity index (χ4v) is 2.31. The van der Waals surface area contributed by atoms with E-state index in [1.807, 2.05) is 31.2 Å². The van der Waals surface area contributed by atoms with Crippen LogP contribution in [0.25, 0.3) is 5.78 Å². The summed E-state index contributed by atoms with van der Waals surface area (Å²) in [5, 5.41) is 7.08. The van der Waals surface area contributed by atoms with Gasteiger partial charge in [0.15, 0.2) is 0 Å². The Morgan fingerprint density at radius 3 is 2.78 bits per heavy atom.